The summed E-state index contributed by atoms with van der Waals surface area (Å²) in [5.74, 6) is -0.355. The van der Waals surface area contributed by atoms with Gasteiger partial charge in [-0.2, -0.15) is 0 Å². The molecule has 2 aromatic rings. The molecule has 0 radical (unpaired) electrons. The van der Waals surface area contributed by atoms with Crippen LogP contribution in [0.4, 0.5) is 0 Å². The van der Waals surface area contributed by atoms with Gasteiger partial charge in [0, 0.05) is 22.4 Å². The summed E-state index contributed by atoms with van der Waals surface area (Å²) in [5.41, 5.74) is 3.11. The topological polar surface area (TPSA) is 52.1 Å². The Balaban J connectivity index is 2.51. The lowest BCUT2D eigenvalue weighted by Crippen LogP contribution is -2.04. The van der Waals surface area contributed by atoms with Gasteiger partial charge in [0.1, 0.15) is 0 Å². The SMILES string of the molecule is COC(=O)c1cc(-c2cnc(SC)nc2)cc(Br)c1C. The van der Waals surface area contributed by atoms with Crippen molar-refractivity contribution in [3.8, 4) is 11.1 Å². The molecule has 0 saturated heterocycles. The van der Waals surface area contributed by atoms with Gasteiger partial charge in [0.25, 0.3) is 0 Å². The summed E-state index contributed by atoms with van der Waals surface area (Å²) in [6.07, 6.45) is 5.42. The smallest absolute Gasteiger partial charge is 0.338 e. The van der Waals surface area contributed by atoms with E-state index >= 15 is 0 Å². The number of halogens is 1. The second-order valence-electron chi connectivity index (χ2n) is 4.08. The Hall–Kier alpha value is -1.40. The van der Waals surface area contributed by atoms with Crippen LogP contribution in [0.5, 0.6) is 0 Å². The summed E-state index contributed by atoms with van der Waals surface area (Å²) in [6, 6.07) is 3.74. The van der Waals surface area contributed by atoms with E-state index in [1.54, 1.807) is 18.5 Å². The zero-order valence-corrected chi connectivity index (χ0v) is 13.7. The lowest BCUT2D eigenvalue weighted by atomic mass is 10.0. The molecule has 4 nitrogen and oxygen atoms in total. The number of rotatable bonds is 3. The van der Waals surface area contributed by atoms with Crippen molar-refractivity contribution >= 4 is 33.7 Å². The standard InChI is InChI=1S/C14H13BrN2O2S/c1-8-11(13(18)19-2)4-9(5-12(8)15)10-6-16-14(20-3)17-7-10/h4-7H,1-3H3. The molecule has 0 amide bonds. The van der Waals surface area contributed by atoms with Gasteiger partial charge in [0.15, 0.2) is 5.16 Å². The Bertz CT molecular complexity index is 644. The van der Waals surface area contributed by atoms with Gasteiger partial charge in [0.2, 0.25) is 0 Å². The van der Waals surface area contributed by atoms with Gasteiger partial charge in [-0.25, -0.2) is 14.8 Å². The molecule has 6 heteroatoms. The summed E-state index contributed by atoms with van der Waals surface area (Å²) in [7, 11) is 1.37. The molecule has 0 atom stereocenters. The van der Waals surface area contributed by atoms with E-state index in [4.69, 9.17) is 4.74 Å². The Morgan fingerprint density at radius 2 is 1.90 bits per heavy atom. The van der Waals surface area contributed by atoms with Crippen molar-refractivity contribution in [1.29, 1.82) is 0 Å². The minimum atomic E-state index is -0.355. The first-order valence-corrected chi connectivity index (χ1v) is 7.83. The van der Waals surface area contributed by atoms with Gasteiger partial charge < -0.3 is 4.74 Å². The molecule has 1 aromatic carbocycles. The van der Waals surface area contributed by atoms with Crippen molar-refractivity contribution in [1.82, 2.24) is 9.97 Å². The number of hydrogen-bond donors (Lipinski definition) is 0. The molecular weight excluding hydrogens is 340 g/mol. The largest absolute Gasteiger partial charge is 0.465 e. The van der Waals surface area contributed by atoms with Crippen LogP contribution in [-0.4, -0.2) is 29.3 Å². The molecule has 0 aliphatic carbocycles. The van der Waals surface area contributed by atoms with Crippen molar-refractivity contribution in [2.24, 2.45) is 0 Å². The molecule has 1 heterocycles. The van der Waals surface area contributed by atoms with E-state index < -0.39 is 0 Å². The van der Waals surface area contributed by atoms with Gasteiger partial charge in [-0.1, -0.05) is 27.7 Å². The highest BCUT2D eigenvalue weighted by Gasteiger charge is 2.14. The summed E-state index contributed by atoms with van der Waals surface area (Å²) in [4.78, 5) is 20.3. The summed E-state index contributed by atoms with van der Waals surface area (Å²) >= 11 is 4.95. The highest BCUT2D eigenvalue weighted by Crippen LogP contribution is 2.29. The van der Waals surface area contributed by atoms with Gasteiger partial charge in [-0.05, 0) is 36.4 Å². The summed E-state index contributed by atoms with van der Waals surface area (Å²) < 4.78 is 5.66. The predicted molar refractivity (Wildman–Crippen MR) is 83.0 cm³/mol. The van der Waals surface area contributed by atoms with Crippen LogP contribution in [0.15, 0.2) is 34.2 Å². The molecule has 104 valence electrons. The minimum Gasteiger partial charge on any atom is -0.465 e. The minimum absolute atomic E-state index is 0.355. The van der Waals surface area contributed by atoms with Gasteiger partial charge in [-0.15, -0.1) is 0 Å². The summed E-state index contributed by atoms with van der Waals surface area (Å²) in [6.45, 7) is 1.87. The van der Waals surface area contributed by atoms with Crippen LogP contribution >= 0.6 is 27.7 Å². The number of esters is 1. The van der Waals surface area contributed by atoms with Crippen LogP contribution in [0.2, 0.25) is 0 Å². The highest BCUT2D eigenvalue weighted by atomic mass is 79.9. The Morgan fingerprint density at radius 3 is 2.45 bits per heavy atom. The molecular formula is C14H13BrN2O2S. The van der Waals surface area contributed by atoms with E-state index in [0.717, 1.165) is 21.2 Å². The Labute approximate surface area is 130 Å². The number of hydrogen-bond acceptors (Lipinski definition) is 5. The van der Waals surface area contributed by atoms with Crippen molar-refractivity contribution in [3.63, 3.8) is 0 Å². The molecule has 0 aliphatic rings. The average molecular weight is 353 g/mol. The second-order valence-corrected chi connectivity index (χ2v) is 5.71. The predicted octanol–water partition coefficient (Wildman–Crippen LogP) is 3.72. The number of carbonyl (C=O) groups excluding carboxylic acids is 1. The zero-order valence-electron chi connectivity index (χ0n) is 11.3. The third-order valence-corrected chi connectivity index (χ3v) is 4.29. The third kappa shape index (κ3) is 3.02. The zero-order chi connectivity index (χ0) is 14.7. The lowest BCUT2D eigenvalue weighted by Gasteiger charge is -2.10. The van der Waals surface area contributed by atoms with Crippen LogP contribution in [0.1, 0.15) is 15.9 Å². The second kappa shape index (κ2) is 6.37. The van der Waals surface area contributed by atoms with Crippen LogP contribution < -0.4 is 0 Å². The number of benzene rings is 1. The number of methoxy groups -OCH3 is 1. The molecule has 0 spiro atoms. The Morgan fingerprint density at radius 1 is 1.25 bits per heavy atom. The summed E-state index contributed by atoms with van der Waals surface area (Å²) in [5, 5.41) is 0.716. The first-order chi connectivity index (χ1) is 9.56. The number of thioether (sulfide) groups is 1. The van der Waals surface area contributed by atoms with E-state index in [9.17, 15) is 4.79 Å². The van der Waals surface area contributed by atoms with Crippen molar-refractivity contribution < 1.29 is 9.53 Å². The van der Waals surface area contributed by atoms with E-state index in [-0.39, 0.29) is 5.97 Å². The maximum Gasteiger partial charge on any atom is 0.338 e. The van der Waals surface area contributed by atoms with Crippen LogP contribution in [0.25, 0.3) is 11.1 Å². The van der Waals surface area contributed by atoms with Crippen molar-refractivity contribution in [2.45, 2.75) is 12.1 Å². The van der Waals surface area contributed by atoms with Gasteiger partial charge >= 0.3 is 5.97 Å². The molecule has 0 fully saturated rings. The van der Waals surface area contributed by atoms with Crippen molar-refractivity contribution in [3.05, 3.63) is 40.1 Å². The highest BCUT2D eigenvalue weighted by molar-refractivity contribution is 9.10. The van der Waals surface area contributed by atoms with Gasteiger partial charge in [-0.3, -0.25) is 0 Å². The molecule has 1 aromatic heterocycles. The van der Waals surface area contributed by atoms with Gasteiger partial charge in [0.05, 0.1) is 12.7 Å². The molecule has 0 bridgehead atoms. The van der Waals surface area contributed by atoms with E-state index in [0.29, 0.717) is 10.7 Å². The molecule has 20 heavy (non-hydrogen) atoms. The molecule has 0 aliphatic heterocycles. The van der Waals surface area contributed by atoms with E-state index in [2.05, 4.69) is 25.9 Å². The Kier molecular flexibility index (Phi) is 4.77. The van der Waals surface area contributed by atoms with Crippen LogP contribution in [0.3, 0.4) is 0 Å². The molecule has 0 saturated carbocycles. The molecule has 0 N–H and O–H groups in total. The van der Waals surface area contributed by atoms with E-state index in [1.807, 2.05) is 19.2 Å². The quantitative estimate of drug-likeness (QED) is 0.478. The van der Waals surface area contributed by atoms with Crippen molar-refractivity contribution in [2.75, 3.05) is 13.4 Å². The molecule has 2 rings (SSSR count). The fraction of sp³-hybridized carbons (Fsp3) is 0.214. The fourth-order valence-electron chi connectivity index (χ4n) is 1.74. The average Bonchev–Trinajstić information content (AvgIpc) is 2.49. The normalized spacial score (nSPS) is 10.4. The fourth-order valence-corrected chi connectivity index (χ4v) is 2.51. The number of ether oxygens (including phenoxy) is 1. The first-order valence-electron chi connectivity index (χ1n) is 5.81. The third-order valence-electron chi connectivity index (χ3n) is 2.89. The van der Waals surface area contributed by atoms with Crippen LogP contribution in [-0.2, 0) is 4.74 Å². The molecule has 0 unspecified atom stereocenters. The lowest BCUT2D eigenvalue weighted by molar-refractivity contribution is 0.0600. The number of carbonyl (C=O) groups is 1. The first kappa shape index (κ1) is 15.0. The van der Waals surface area contributed by atoms with E-state index in [1.165, 1.54) is 18.9 Å². The maximum absolute atomic E-state index is 11.8. The number of aromatic nitrogens is 2. The number of nitrogens with zero attached hydrogens (tertiary/aromatic N) is 2. The van der Waals surface area contributed by atoms with Crippen LogP contribution in [0, 0.1) is 6.92 Å². The monoisotopic (exact) mass is 352 g/mol. The maximum atomic E-state index is 11.8.